The normalized spacial score (nSPS) is 15.8. The van der Waals surface area contributed by atoms with Gasteiger partial charge in [0.2, 0.25) is 6.79 Å². The number of nitrogens with zero attached hydrogens (tertiary/aromatic N) is 1. The lowest BCUT2D eigenvalue weighted by Gasteiger charge is -2.30. The molecule has 1 saturated carbocycles. The minimum atomic E-state index is -0.0566. The molecule has 0 radical (unpaired) electrons. The van der Waals surface area contributed by atoms with Gasteiger partial charge < -0.3 is 19.1 Å². The molecule has 1 fully saturated rings. The first-order chi connectivity index (χ1) is 13.2. The minimum absolute atomic E-state index is 0.0566. The molecule has 0 aromatic heterocycles. The molecule has 1 aliphatic carbocycles. The van der Waals surface area contributed by atoms with Crippen molar-refractivity contribution >= 4 is 17.5 Å². The average molecular weight is 388 g/mol. The second-order valence-electron chi connectivity index (χ2n) is 6.90. The van der Waals surface area contributed by atoms with Gasteiger partial charge in [-0.15, -0.1) is 0 Å². The molecule has 0 N–H and O–H groups in total. The van der Waals surface area contributed by atoms with Gasteiger partial charge in [-0.1, -0.05) is 30.5 Å². The topological polar surface area (TPSA) is 48.0 Å². The molecule has 2 aromatic rings. The highest BCUT2D eigenvalue weighted by Gasteiger charge is 2.29. The second-order valence-corrected chi connectivity index (χ2v) is 7.34. The van der Waals surface area contributed by atoms with Crippen molar-refractivity contribution in [3.63, 3.8) is 0 Å². The predicted molar refractivity (Wildman–Crippen MR) is 103 cm³/mol. The molecule has 1 heterocycles. The Kier molecular flexibility index (Phi) is 5.12. The molecule has 1 amide bonds. The Labute approximate surface area is 163 Å². The lowest BCUT2D eigenvalue weighted by Crippen LogP contribution is -2.38. The van der Waals surface area contributed by atoms with Gasteiger partial charge in [0, 0.05) is 17.6 Å². The number of rotatable bonds is 5. The van der Waals surface area contributed by atoms with Crippen LogP contribution in [-0.4, -0.2) is 30.8 Å². The van der Waals surface area contributed by atoms with Crippen LogP contribution in [0.5, 0.6) is 17.2 Å². The molecule has 6 heteroatoms. The number of amides is 1. The summed E-state index contributed by atoms with van der Waals surface area (Å²) in [6.45, 7) is 0.750. The Hall–Kier alpha value is -2.40. The quantitative estimate of drug-likeness (QED) is 0.748. The molecule has 0 spiro atoms. The molecule has 27 heavy (non-hydrogen) atoms. The fourth-order valence-corrected chi connectivity index (χ4v) is 3.99. The van der Waals surface area contributed by atoms with E-state index < -0.39 is 0 Å². The highest BCUT2D eigenvalue weighted by molar-refractivity contribution is 6.31. The van der Waals surface area contributed by atoms with Crippen LogP contribution in [0.1, 0.15) is 41.6 Å². The Morgan fingerprint density at radius 3 is 2.70 bits per heavy atom. The van der Waals surface area contributed by atoms with E-state index in [9.17, 15) is 4.79 Å². The van der Waals surface area contributed by atoms with Crippen LogP contribution in [0.15, 0.2) is 36.4 Å². The van der Waals surface area contributed by atoms with Crippen LogP contribution in [0.4, 0.5) is 0 Å². The number of benzene rings is 2. The lowest BCUT2D eigenvalue weighted by molar-refractivity contribution is 0.0661. The number of fused-ring (bicyclic) bond motifs is 1. The maximum Gasteiger partial charge on any atom is 0.258 e. The third kappa shape index (κ3) is 3.69. The van der Waals surface area contributed by atoms with Crippen LogP contribution >= 0.6 is 11.6 Å². The molecule has 1 aliphatic heterocycles. The van der Waals surface area contributed by atoms with E-state index in [2.05, 4.69) is 0 Å². The average Bonchev–Trinajstić information content (AvgIpc) is 3.36. The van der Waals surface area contributed by atoms with Gasteiger partial charge in [0.05, 0.1) is 12.7 Å². The van der Waals surface area contributed by atoms with Crippen LogP contribution in [0.25, 0.3) is 0 Å². The Morgan fingerprint density at radius 1 is 1.15 bits per heavy atom. The van der Waals surface area contributed by atoms with Crippen molar-refractivity contribution in [3.05, 3.63) is 52.5 Å². The van der Waals surface area contributed by atoms with Crippen molar-refractivity contribution in [2.45, 2.75) is 38.3 Å². The van der Waals surface area contributed by atoms with Crippen LogP contribution in [0.2, 0.25) is 5.02 Å². The number of hydrogen-bond donors (Lipinski definition) is 0. The molecule has 0 atom stereocenters. The van der Waals surface area contributed by atoms with Crippen molar-refractivity contribution in [2.24, 2.45) is 0 Å². The van der Waals surface area contributed by atoms with Gasteiger partial charge in [0.1, 0.15) is 5.75 Å². The lowest BCUT2D eigenvalue weighted by atomic mass is 10.1. The first-order valence-corrected chi connectivity index (χ1v) is 9.56. The molecule has 0 bridgehead atoms. The summed E-state index contributed by atoms with van der Waals surface area (Å²) in [5, 5.41) is 0.522. The van der Waals surface area contributed by atoms with E-state index >= 15 is 0 Å². The first-order valence-electron chi connectivity index (χ1n) is 9.19. The van der Waals surface area contributed by atoms with Crippen LogP contribution in [0, 0.1) is 0 Å². The monoisotopic (exact) mass is 387 g/mol. The van der Waals surface area contributed by atoms with Gasteiger partial charge >= 0.3 is 0 Å². The van der Waals surface area contributed by atoms with Crippen LogP contribution < -0.4 is 14.2 Å². The van der Waals surface area contributed by atoms with Gasteiger partial charge in [-0.25, -0.2) is 0 Å². The van der Waals surface area contributed by atoms with Gasteiger partial charge in [-0.3, -0.25) is 4.79 Å². The van der Waals surface area contributed by atoms with Crippen molar-refractivity contribution in [1.29, 1.82) is 0 Å². The van der Waals surface area contributed by atoms with Gasteiger partial charge in [0.25, 0.3) is 5.91 Å². The smallest absolute Gasteiger partial charge is 0.258 e. The van der Waals surface area contributed by atoms with Crippen molar-refractivity contribution in [1.82, 2.24) is 4.90 Å². The summed E-state index contributed by atoms with van der Waals surface area (Å²) >= 11 is 6.15. The zero-order valence-electron chi connectivity index (χ0n) is 15.2. The maximum absolute atomic E-state index is 13.4. The summed E-state index contributed by atoms with van der Waals surface area (Å²) in [5.74, 6) is 1.96. The number of carbonyl (C=O) groups is 1. The zero-order chi connectivity index (χ0) is 18.8. The fourth-order valence-electron chi connectivity index (χ4n) is 3.82. The number of ether oxygens (including phenoxy) is 3. The van der Waals surface area contributed by atoms with Crippen LogP contribution in [-0.2, 0) is 6.54 Å². The maximum atomic E-state index is 13.4. The number of methoxy groups -OCH3 is 1. The van der Waals surface area contributed by atoms with Crippen LogP contribution in [0.3, 0.4) is 0 Å². The molecule has 2 aliphatic rings. The highest BCUT2D eigenvalue weighted by atomic mass is 35.5. The van der Waals surface area contributed by atoms with E-state index in [1.807, 2.05) is 23.1 Å². The number of halogens is 1. The van der Waals surface area contributed by atoms with Gasteiger partial charge in [-0.05, 0) is 48.7 Å². The number of hydrogen-bond acceptors (Lipinski definition) is 4. The van der Waals surface area contributed by atoms with E-state index in [1.165, 1.54) is 0 Å². The molecular weight excluding hydrogens is 366 g/mol. The third-order valence-electron chi connectivity index (χ3n) is 5.21. The van der Waals surface area contributed by atoms with Gasteiger partial charge in [0.15, 0.2) is 11.5 Å². The van der Waals surface area contributed by atoms with E-state index in [0.717, 1.165) is 42.7 Å². The Bertz CT molecular complexity index is 848. The van der Waals surface area contributed by atoms with E-state index in [1.54, 1.807) is 25.3 Å². The minimum Gasteiger partial charge on any atom is -0.496 e. The molecule has 0 unspecified atom stereocenters. The molecule has 5 nitrogen and oxygen atoms in total. The SMILES string of the molecule is COc1ccc(Cl)cc1C(=O)N(Cc1ccc2c(c1)OCO2)C1CCCC1. The van der Waals surface area contributed by atoms with E-state index in [4.69, 9.17) is 25.8 Å². The summed E-state index contributed by atoms with van der Waals surface area (Å²) in [6.07, 6.45) is 4.31. The Balaban J connectivity index is 1.65. The summed E-state index contributed by atoms with van der Waals surface area (Å²) < 4.78 is 16.3. The molecular formula is C21H22ClNO4. The standard InChI is InChI=1S/C21H22ClNO4/c1-25-18-9-7-15(22)11-17(18)21(24)23(16-4-2-3-5-16)12-14-6-8-19-20(10-14)27-13-26-19/h6-11,16H,2-5,12-13H2,1H3. The molecule has 4 rings (SSSR count). The van der Waals surface area contributed by atoms with Crippen molar-refractivity contribution in [2.75, 3.05) is 13.9 Å². The Morgan fingerprint density at radius 2 is 1.93 bits per heavy atom. The number of carbonyl (C=O) groups excluding carboxylic acids is 1. The highest BCUT2D eigenvalue weighted by Crippen LogP contribution is 2.35. The van der Waals surface area contributed by atoms with E-state index in [-0.39, 0.29) is 18.7 Å². The predicted octanol–water partition coefficient (Wildman–Crippen LogP) is 4.66. The second kappa shape index (κ2) is 7.69. The molecule has 142 valence electrons. The largest absolute Gasteiger partial charge is 0.496 e. The fraction of sp³-hybridized carbons (Fsp3) is 0.381. The summed E-state index contributed by atoms with van der Waals surface area (Å²) in [4.78, 5) is 15.4. The summed E-state index contributed by atoms with van der Waals surface area (Å²) in [6, 6.07) is 11.2. The van der Waals surface area contributed by atoms with Crippen molar-refractivity contribution < 1.29 is 19.0 Å². The summed E-state index contributed by atoms with van der Waals surface area (Å²) in [7, 11) is 1.57. The molecule has 2 aromatic carbocycles. The molecule has 0 saturated heterocycles. The van der Waals surface area contributed by atoms with Crippen molar-refractivity contribution in [3.8, 4) is 17.2 Å². The summed E-state index contributed by atoms with van der Waals surface area (Å²) in [5.41, 5.74) is 1.51. The third-order valence-corrected chi connectivity index (χ3v) is 5.44. The first kappa shape index (κ1) is 18.0. The van der Waals surface area contributed by atoms with Gasteiger partial charge in [-0.2, -0.15) is 0 Å². The zero-order valence-corrected chi connectivity index (χ0v) is 16.0. The van der Waals surface area contributed by atoms with E-state index in [0.29, 0.717) is 22.9 Å².